The number of carbonyl (C=O) groups excluding carboxylic acids is 1. The summed E-state index contributed by atoms with van der Waals surface area (Å²) in [5.74, 6) is 0.310. The molecule has 0 spiro atoms. The zero-order chi connectivity index (χ0) is 23.9. The molecule has 1 aromatic heterocycles. The Balaban J connectivity index is 1.23. The molecule has 2 fully saturated rings. The fraction of sp³-hybridized carbons (Fsp3) is 0.440. The van der Waals surface area contributed by atoms with Gasteiger partial charge in [0.05, 0.1) is 15.1 Å². The number of fused-ring (bicyclic) bond motifs is 1. The van der Waals surface area contributed by atoms with Gasteiger partial charge in [0.25, 0.3) is 5.91 Å². The number of hydrogen-bond donors (Lipinski definition) is 0. The van der Waals surface area contributed by atoms with Crippen LogP contribution in [0.25, 0.3) is 10.2 Å². The van der Waals surface area contributed by atoms with Gasteiger partial charge in [0.15, 0.2) is 5.13 Å². The lowest BCUT2D eigenvalue weighted by Gasteiger charge is -2.34. The number of amides is 1. The number of sulfonamides is 1. The third kappa shape index (κ3) is 4.44. The minimum atomic E-state index is -3.52. The SMILES string of the molecule is Cc1cccc2sc(N3CCN(C(=O)c4ccc(S(=O)(=O)N5CCCC(C)C5)cc4)CC3)nc12. The molecule has 180 valence electrons. The molecule has 3 aromatic rings. The molecular weight excluding hydrogens is 468 g/mol. The highest BCUT2D eigenvalue weighted by atomic mass is 32.2. The summed E-state index contributed by atoms with van der Waals surface area (Å²) in [6.45, 7) is 7.95. The number of carbonyl (C=O) groups is 1. The second-order valence-corrected chi connectivity index (χ2v) is 12.3. The van der Waals surface area contributed by atoms with Crippen LogP contribution in [0.4, 0.5) is 5.13 Å². The molecule has 34 heavy (non-hydrogen) atoms. The summed E-state index contributed by atoms with van der Waals surface area (Å²) < 4.78 is 28.7. The number of thiazole rings is 1. The van der Waals surface area contributed by atoms with E-state index < -0.39 is 10.0 Å². The molecule has 9 heteroatoms. The Morgan fingerprint density at radius 3 is 2.44 bits per heavy atom. The van der Waals surface area contributed by atoms with Crippen molar-refractivity contribution in [3.05, 3.63) is 53.6 Å². The largest absolute Gasteiger partial charge is 0.345 e. The molecule has 0 radical (unpaired) electrons. The number of aromatic nitrogens is 1. The lowest BCUT2D eigenvalue weighted by Crippen LogP contribution is -2.48. The third-order valence-corrected chi connectivity index (χ3v) is 9.77. The van der Waals surface area contributed by atoms with Crippen molar-refractivity contribution < 1.29 is 13.2 Å². The molecule has 5 rings (SSSR count). The summed E-state index contributed by atoms with van der Waals surface area (Å²) >= 11 is 1.69. The van der Waals surface area contributed by atoms with Gasteiger partial charge < -0.3 is 9.80 Å². The van der Waals surface area contributed by atoms with Crippen molar-refractivity contribution >= 4 is 42.6 Å². The van der Waals surface area contributed by atoms with Crippen molar-refractivity contribution in [2.45, 2.75) is 31.6 Å². The average molecular weight is 499 g/mol. The molecule has 3 heterocycles. The smallest absolute Gasteiger partial charge is 0.253 e. The van der Waals surface area contributed by atoms with E-state index in [0.717, 1.165) is 36.6 Å². The number of nitrogens with zero attached hydrogens (tertiary/aromatic N) is 4. The number of rotatable bonds is 4. The zero-order valence-electron chi connectivity index (χ0n) is 19.6. The van der Waals surface area contributed by atoms with E-state index in [4.69, 9.17) is 4.98 Å². The summed E-state index contributed by atoms with van der Waals surface area (Å²) in [5, 5.41) is 0.998. The Morgan fingerprint density at radius 1 is 1.03 bits per heavy atom. The zero-order valence-corrected chi connectivity index (χ0v) is 21.2. The van der Waals surface area contributed by atoms with Gasteiger partial charge in [0.2, 0.25) is 10.0 Å². The fourth-order valence-corrected chi connectivity index (χ4v) is 7.47. The third-order valence-electron chi connectivity index (χ3n) is 6.81. The van der Waals surface area contributed by atoms with Crippen LogP contribution >= 0.6 is 11.3 Å². The number of aryl methyl sites for hydroxylation is 1. The molecule has 0 N–H and O–H groups in total. The van der Waals surface area contributed by atoms with E-state index in [2.05, 4.69) is 36.9 Å². The summed E-state index contributed by atoms with van der Waals surface area (Å²) in [6.07, 6.45) is 1.95. The number of anilines is 1. The van der Waals surface area contributed by atoms with E-state index in [-0.39, 0.29) is 10.8 Å². The van der Waals surface area contributed by atoms with Crippen molar-refractivity contribution in [3.63, 3.8) is 0 Å². The first-order valence-corrected chi connectivity index (χ1v) is 14.1. The van der Waals surface area contributed by atoms with Crippen LogP contribution < -0.4 is 4.90 Å². The summed E-state index contributed by atoms with van der Waals surface area (Å²) in [6, 6.07) is 12.7. The van der Waals surface area contributed by atoms with Gasteiger partial charge in [-0.15, -0.1) is 0 Å². The quantitative estimate of drug-likeness (QED) is 0.544. The number of hydrogen-bond acceptors (Lipinski definition) is 6. The molecular formula is C25H30N4O3S2. The Hall–Kier alpha value is -2.49. The van der Waals surface area contributed by atoms with Crippen LogP contribution in [0.3, 0.4) is 0 Å². The number of piperazine rings is 1. The molecule has 2 aliphatic rings. The van der Waals surface area contributed by atoms with Gasteiger partial charge in [-0.05, 0) is 61.6 Å². The average Bonchev–Trinajstić information content (AvgIpc) is 3.30. The van der Waals surface area contributed by atoms with Crippen molar-refractivity contribution in [1.82, 2.24) is 14.2 Å². The minimum absolute atomic E-state index is 0.0599. The first-order chi connectivity index (χ1) is 16.3. The minimum Gasteiger partial charge on any atom is -0.345 e. The number of benzene rings is 2. The predicted octanol–water partition coefficient (Wildman–Crippen LogP) is 3.99. The Labute approximate surface area is 205 Å². The van der Waals surface area contributed by atoms with Gasteiger partial charge in [-0.1, -0.05) is 30.4 Å². The Kier molecular flexibility index (Phi) is 6.35. The van der Waals surface area contributed by atoms with Crippen LogP contribution in [0.2, 0.25) is 0 Å². The highest BCUT2D eigenvalue weighted by molar-refractivity contribution is 7.89. The van der Waals surface area contributed by atoms with Gasteiger partial charge in [-0.3, -0.25) is 4.79 Å². The van der Waals surface area contributed by atoms with Gasteiger partial charge in [-0.2, -0.15) is 4.31 Å². The van der Waals surface area contributed by atoms with E-state index >= 15 is 0 Å². The second kappa shape index (κ2) is 9.28. The summed E-state index contributed by atoms with van der Waals surface area (Å²) in [4.78, 5) is 22.2. The highest BCUT2D eigenvalue weighted by Crippen LogP contribution is 2.31. The molecule has 7 nitrogen and oxygen atoms in total. The highest BCUT2D eigenvalue weighted by Gasteiger charge is 2.29. The standard InChI is InChI=1S/C25H30N4O3S2/c1-18-5-4-12-29(17-18)34(31,32)21-10-8-20(9-11-21)24(30)27-13-15-28(16-14-27)25-26-23-19(2)6-3-7-22(23)33-25/h3,6-11,18H,4-5,12-17H2,1-2H3. The van der Waals surface area contributed by atoms with Gasteiger partial charge >= 0.3 is 0 Å². The molecule has 0 aliphatic carbocycles. The maximum atomic E-state index is 13.1. The summed E-state index contributed by atoms with van der Waals surface area (Å²) in [5.41, 5.74) is 2.75. The van der Waals surface area contributed by atoms with Gasteiger partial charge in [-0.25, -0.2) is 13.4 Å². The first-order valence-electron chi connectivity index (χ1n) is 11.8. The van der Waals surface area contributed by atoms with E-state index in [1.165, 1.54) is 10.3 Å². The van der Waals surface area contributed by atoms with E-state index in [1.54, 1.807) is 39.9 Å². The molecule has 0 saturated carbocycles. The normalized spacial score (nSPS) is 20.1. The van der Waals surface area contributed by atoms with Crippen LogP contribution in [0.5, 0.6) is 0 Å². The molecule has 0 bridgehead atoms. The fourth-order valence-electron chi connectivity index (χ4n) is 4.78. The Bertz CT molecular complexity index is 1300. The van der Waals surface area contributed by atoms with Crippen molar-refractivity contribution in [2.24, 2.45) is 5.92 Å². The van der Waals surface area contributed by atoms with Gasteiger partial charge in [0.1, 0.15) is 0 Å². The molecule has 1 amide bonds. The predicted molar refractivity (Wildman–Crippen MR) is 136 cm³/mol. The lowest BCUT2D eigenvalue weighted by molar-refractivity contribution is 0.0746. The number of piperidine rings is 1. The molecule has 2 aromatic carbocycles. The van der Waals surface area contributed by atoms with Crippen LogP contribution in [-0.4, -0.2) is 67.8 Å². The molecule has 2 aliphatic heterocycles. The molecule has 2 saturated heterocycles. The van der Waals surface area contributed by atoms with Crippen LogP contribution in [-0.2, 0) is 10.0 Å². The molecule has 1 atom stereocenters. The van der Waals surface area contributed by atoms with Crippen molar-refractivity contribution in [2.75, 3.05) is 44.2 Å². The van der Waals surface area contributed by atoms with Crippen LogP contribution in [0.1, 0.15) is 35.7 Å². The topological polar surface area (TPSA) is 73.8 Å². The van der Waals surface area contributed by atoms with Crippen molar-refractivity contribution in [3.8, 4) is 0 Å². The Morgan fingerprint density at radius 2 is 1.76 bits per heavy atom. The number of para-hydroxylation sites is 1. The van der Waals surface area contributed by atoms with Crippen LogP contribution in [0, 0.1) is 12.8 Å². The first kappa shape index (κ1) is 23.3. The monoisotopic (exact) mass is 498 g/mol. The van der Waals surface area contributed by atoms with Crippen LogP contribution in [0.15, 0.2) is 47.4 Å². The summed E-state index contributed by atoms with van der Waals surface area (Å²) in [7, 11) is -3.52. The maximum Gasteiger partial charge on any atom is 0.253 e. The maximum absolute atomic E-state index is 13.1. The van der Waals surface area contributed by atoms with E-state index in [0.29, 0.717) is 37.7 Å². The second-order valence-electron chi connectivity index (χ2n) is 9.33. The van der Waals surface area contributed by atoms with E-state index in [9.17, 15) is 13.2 Å². The van der Waals surface area contributed by atoms with Gasteiger partial charge in [0, 0.05) is 44.8 Å². The lowest BCUT2D eigenvalue weighted by atomic mass is 10.0. The molecule has 1 unspecified atom stereocenters. The van der Waals surface area contributed by atoms with E-state index in [1.807, 2.05) is 4.90 Å². The van der Waals surface area contributed by atoms with Crippen molar-refractivity contribution in [1.29, 1.82) is 0 Å².